The highest BCUT2D eigenvalue weighted by Crippen LogP contribution is 2.52. The van der Waals surface area contributed by atoms with Crippen molar-refractivity contribution in [1.82, 2.24) is 9.55 Å². The summed E-state index contributed by atoms with van der Waals surface area (Å²) in [5, 5.41) is 13.4. The van der Waals surface area contributed by atoms with Crippen LogP contribution in [0.25, 0.3) is 10.8 Å². The van der Waals surface area contributed by atoms with Gasteiger partial charge in [0, 0.05) is 39.8 Å². The van der Waals surface area contributed by atoms with Gasteiger partial charge in [-0.05, 0) is 42.7 Å². The number of carbonyl (C=O) groups excluding carboxylic acids is 1. The minimum absolute atomic E-state index is 0.0281. The molecule has 154 valence electrons. The molecule has 2 heterocycles. The van der Waals surface area contributed by atoms with Gasteiger partial charge in [-0.15, -0.1) is 0 Å². The van der Waals surface area contributed by atoms with E-state index in [4.69, 9.17) is 17.3 Å². The predicted molar refractivity (Wildman–Crippen MR) is 121 cm³/mol. The summed E-state index contributed by atoms with van der Waals surface area (Å²) in [6, 6.07) is 19.2. The number of pyridine rings is 1. The van der Waals surface area contributed by atoms with E-state index in [1.807, 2.05) is 30.3 Å². The summed E-state index contributed by atoms with van der Waals surface area (Å²) in [4.78, 5) is 27.2. The lowest BCUT2D eigenvalue weighted by molar-refractivity contribution is 0.102. The number of nitrogens with zero attached hydrogens (tertiary/aromatic N) is 1. The Kier molecular flexibility index (Phi) is 4.48. The summed E-state index contributed by atoms with van der Waals surface area (Å²) in [6.45, 7) is 0. The van der Waals surface area contributed by atoms with Gasteiger partial charge in [-0.25, -0.2) is 4.79 Å². The molecule has 1 aliphatic carbocycles. The molecule has 0 radical (unpaired) electrons. The minimum Gasteiger partial charge on any atom is -0.464 e. The molecule has 0 unspecified atom stereocenters. The molecule has 1 saturated carbocycles. The van der Waals surface area contributed by atoms with Gasteiger partial charge in [-0.2, -0.15) is 0 Å². The van der Waals surface area contributed by atoms with Gasteiger partial charge < -0.3 is 15.4 Å². The van der Waals surface area contributed by atoms with Gasteiger partial charge in [0.25, 0.3) is 5.91 Å². The van der Waals surface area contributed by atoms with Crippen molar-refractivity contribution < 1.29 is 14.7 Å². The lowest BCUT2D eigenvalue weighted by Gasteiger charge is -2.17. The van der Waals surface area contributed by atoms with Crippen LogP contribution in [-0.4, -0.2) is 26.7 Å². The fourth-order valence-electron chi connectivity index (χ4n) is 4.03. The first-order chi connectivity index (χ1) is 15.0. The van der Waals surface area contributed by atoms with E-state index in [0.29, 0.717) is 21.3 Å². The molecule has 0 bridgehead atoms. The number of H-pyrrole nitrogens is 1. The number of aromatic nitrogens is 2. The van der Waals surface area contributed by atoms with Gasteiger partial charge in [0.2, 0.25) is 0 Å². The number of aromatic amines is 1. The van der Waals surface area contributed by atoms with E-state index < -0.39 is 6.09 Å². The molecule has 1 aliphatic rings. The van der Waals surface area contributed by atoms with Crippen LogP contribution in [0.5, 0.6) is 0 Å². The maximum atomic E-state index is 12.8. The maximum Gasteiger partial charge on any atom is 0.415 e. The topological polar surface area (TPSA) is 87.1 Å². The molecule has 2 aromatic carbocycles. The zero-order valence-corrected chi connectivity index (χ0v) is 17.3. The van der Waals surface area contributed by atoms with E-state index in [0.717, 1.165) is 28.5 Å². The number of rotatable bonds is 4. The van der Waals surface area contributed by atoms with Crippen LogP contribution in [0.15, 0.2) is 73.1 Å². The van der Waals surface area contributed by atoms with Crippen molar-refractivity contribution in [3.05, 3.63) is 94.5 Å². The van der Waals surface area contributed by atoms with Gasteiger partial charge >= 0.3 is 6.09 Å². The monoisotopic (exact) mass is 429 g/mol. The molecule has 4 aromatic rings. The third-order valence-corrected chi connectivity index (χ3v) is 6.20. The van der Waals surface area contributed by atoms with E-state index in [1.165, 1.54) is 18.0 Å². The molecule has 0 atom stereocenters. The number of carbonyl (C=O) groups is 2. The summed E-state index contributed by atoms with van der Waals surface area (Å²) in [7, 11) is 0. The summed E-state index contributed by atoms with van der Waals surface area (Å²) in [6.07, 6.45) is 4.04. The molecule has 31 heavy (non-hydrogen) atoms. The third kappa shape index (κ3) is 3.43. The smallest absolute Gasteiger partial charge is 0.415 e. The molecule has 3 N–H and O–H groups in total. The minimum atomic E-state index is -1.07. The standard InChI is InChI=1S/C24H19N3O3S/c28-21(15-6-7-16-13-27(23(29)30)14-17(16)12-15)25-19-8-9-20(26-22(19)31)24(10-11-24)18-4-2-1-3-5-18/h1-9,12-14H,10-11H2,(H,25,28)(H,26,31)(H,29,30). The number of fused-ring (bicyclic) bond motifs is 1. The molecular formula is C24H19N3O3S. The second-order valence-corrected chi connectivity index (χ2v) is 8.22. The molecular weight excluding hydrogens is 410 g/mol. The van der Waals surface area contributed by atoms with E-state index >= 15 is 0 Å². The SMILES string of the molecule is O=C(Nc1ccc(C2(c3ccccc3)CC2)[nH]c1=S)c1ccc2cn(C(=O)O)cc2c1. The van der Waals surface area contributed by atoms with Crippen molar-refractivity contribution in [2.75, 3.05) is 5.32 Å². The lowest BCUT2D eigenvalue weighted by atomic mass is 9.92. The highest BCUT2D eigenvalue weighted by Gasteiger charge is 2.46. The first kappa shape index (κ1) is 19.3. The Bertz CT molecular complexity index is 1380. The van der Waals surface area contributed by atoms with Crippen molar-refractivity contribution in [1.29, 1.82) is 0 Å². The summed E-state index contributed by atoms with van der Waals surface area (Å²) >= 11 is 5.52. The second-order valence-electron chi connectivity index (χ2n) is 7.81. The second kappa shape index (κ2) is 7.21. The average molecular weight is 430 g/mol. The fraction of sp³-hybridized carbons (Fsp3) is 0.125. The molecule has 0 saturated heterocycles. The highest BCUT2D eigenvalue weighted by atomic mass is 32.1. The Hall–Kier alpha value is -3.71. The van der Waals surface area contributed by atoms with Crippen LogP contribution in [-0.2, 0) is 5.41 Å². The van der Waals surface area contributed by atoms with Gasteiger partial charge in [0.05, 0.1) is 5.69 Å². The maximum absolute atomic E-state index is 12.8. The van der Waals surface area contributed by atoms with E-state index in [2.05, 4.69) is 22.4 Å². The van der Waals surface area contributed by atoms with Crippen molar-refractivity contribution in [3.63, 3.8) is 0 Å². The quantitative estimate of drug-likeness (QED) is 0.371. The van der Waals surface area contributed by atoms with Crippen LogP contribution < -0.4 is 5.32 Å². The number of benzene rings is 2. The summed E-state index contributed by atoms with van der Waals surface area (Å²) in [5.41, 5.74) is 3.25. The predicted octanol–water partition coefficient (Wildman–Crippen LogP) is 5.56. The van der Waals surface area contributed by atoms with Crippen LogP contribution in [0.1, 0.15) is 34.5 Å². The molecule has 0 aliphatic heterocycles. The summed E-state index contributed by atoms with van der Waals surface area (Å²) in [5.74, 6) is -0.304. The molecule has 0 spiro atoms. The molecule has 6 nitrogen and oxygen atoms in total. The van der Waals surface area contributed by atoms with Gasteiger partial charge in [-0.1, -0.05) is 48.6 Å². The third-order valence-electron chi connectivity index (χ3n) is 5.88. The number of anilines is 1. The van der Waals surface area contributed by atoms with Crippen LogP contribution in [0, 0.1) is 4.64 Å². The zero-order valence-electron chi connectivity index (χ0n) is 16.5. The van der Waals surface area contributed by atoms with Gasteiger partial charge in [0.1, 0.15) is 4.64 Å². The van der Waals surface area contributed by atoms with E-state index in [9.17, 15) is 9.59 Å². The normalized spacial score (nSPS) is 14.3. The fourth-order valence-corrected chi connectivity index (χ4v) is 4.26. The molecule has 1 fully saturated rings. The Morgan fingerprint density at radius 2 is 1.74 bits per heavy atom. The largest absolute Gasteiger partial charge is 0.464 e. The molecule has 1 amide bonds. The van der Waals surface area contributed by atoms with Gasteiger partial charge in [0.15, 0.2) is 0 Å². The zero-order chi connectivity index (χ0) is 21.6. The lowest BCUT2D eigenvalue weighted by Crippen LogP contribution is -2.15. The van der Waals surface area contributed by atoms with E-state index in [1.54, 1.807) is 18.2 Å². The Labute approximate surface area is 183 Å². The molecule has 2 aromatic heterocycles. The highest BCUT2D eigenvalue weighted by molar-refractivity contribution is 7.71. The summed E-state index contributed by atoms with van der Waals surface area (Å²) < 4.78 is 1.55. The molecule has 5 rings (SSSR count). The van der Waals surface area contributed by atoms with Crippen molar-refractivity contribution >= 4 is 40.7 Å². The number of hydrogen-bond acceptors (Lipinski definition) is 3. The first-order valence-electron chi connectivity index (χ1n) is 9.92. The average Bonchev–Trinajstić information content (AvgIpc) is 3.47. The number of carboxylic acid groups (broad SMARTS) is 1. The first-order valence-corrected chi connectivity index (χ1v) is 10.3. The number of hydrogen-bond donors (Lipinski definition) is 3. The number of nitrogens with one attached hydrogen (secondary N) is 2. The Balaban J connectivity index is 1.39. The van der Waals surface area contributed by atoms with Gasteiger partial charge in [-0.3, -0.25) is 9.36 Å². The molecule has 7 heteroatoms. The van der Waals surface area contributed by atoms with Crippen molar-refractivity contribution in [2.45, 2.75) is 18.3 Å². The van der Waals surface area contributed by atoms with Crippen LogP contribution >= 0.6 is 12.2 Å². The van der Waals surface area contributed by atoms with Crippen LogP contribution in [0.4, 0.5) is 10.5 Å². The van der Waals surface area contributed by atoms with Crippen molar-refractivity contribution in [3.8, 4) is 0 Å². The van der Waals surface area contributed by atoms with Crippen molar-refractivity contribution in [2.24, 2.45) is 0 Å². The Morgan fingerprint density at radius 3 is 2.42 bits per heavy atom. The Morgan fingerprint density at radius 1 is 1.00 bits per heavy atom. The van der Waals surface area contributed by atoms with Crippen LogP contribution in [0.3, 0.4) is 0 Å². The number of amides is 1. The van der Waals surface area contributed by atoms with E-state index in [-0.39, 0.29) is 11.3 Å². The van der Waals surface area contributed by atoms with Crippen LogP contribution in [0.2, 0.25) is 0 Å².